The number of amides is 1. The molecule has 140 valence electrons. The summed E-state index contributed by atoms with van der Waals surface area (Å²) in [5, 5.41) is 4.43. The Balaban J connectivity index is 1.79. The molecule has 1 heterocycles. The SMILES string of the molecule is CN(C)CC(C)(C)CNC(=O)CN1c2cccc3cccc(c23)S1(=O)=O. The van der Waals surface area contributed by atoms with Gasteiger partial charge in [0.15, 0.2) is 0 Å². The summed E-state index contributed by atoms with van der Waals surface area (Å²) in [5.41, 5.74) is 0.465. The maximum Gasteiger partial charge on any atom is 0.265 e. The van der Waals surface area contributed by atoms with Crippen LogP contribution in [0.4, 0.5) is 5.69 Å². The second kappa shape index (κ2) is 6.55. The summed E-state index contributed by atoms with van der Waals surface area (Å²) in [6, 6.07) is 10.6. The molecule has 0 fully saturated rings. The molecule has 3 rings (SSSR count). The fourth-order valence-electron chi connectivity index (χ4n) is 3.56. The van der Waals surface area contributed by atoms with E-state index in [-0.39, 0.29) is 22.8 Å². The zero-order valence-corrected chi connectivity index (χ0v) is 16.4. The van der Waals surface area contributed by atoms with E-state index in [1.54, 1.807) is 18.2 Å². The number of nitrogens with one attached hydrogen (secondary N) is 1. The molecule has 0 aromatic heterocycles. The molecule has 6 nitrogen and oxygen atoms in total. The lowest BCUT2D eigenvalue weighted by Crippen LogP contribution is -2.44. The third-order valence-corrected chi connectivity index (χ3v) is 6.28. The first-order valence-corrected chi connectivity index (χ1v) is 10.0. The van der Waals surface area contributed by atoms with Crippen molar-refractivity contribution in [3.63, 3.8) is 0 Å². The third-order valence-electron chi connectivity index (χ3n) is 4.48. The van der Waals surface area contributed by atoms with Crippen molar-refractivity contribution in [3.05, 3.63) is 36.4 Å². The average molecular weight is 375 g/mol. The minimum absolute atomic E-state index is 0.105. The lowest BCUT2D eigenvalue weighted by molar-refractivity contribution is -0.120. The zero-order valence-electron chi connectivity index (χ0n) is 15.6. The maximum absolute atomic E-state index is 12.9. The number of hydrogen-bond acceptors (Lipinski definition) is 4. The van der Waals surface area contributed by atoms with Crippen LogP contribution in [0.2, 0.25) is 0 Å². The third kappa shape index (κ3) is 3.41. The van der Waals surface area contributed by atoms with Gasteiger partial charge < -0.3 is 10.2 Å². The van der Waals surface area contributed by atoms with Crippen molar-refractivity contribution in [2.24, 2.45) is 5.41 Å². The molecule has 0 aliphatic carbocycles. The van der Waals surface area contributed by atoms with Crippen LogP contribution in [-0.2, 0) is 14.8 Å². The van der Waals surface area contributed by atoms with Crippen LogP contribution in [0, 0.1) is 5.41 Å². The number of anilines is 1. The molecule has 0 unspecified atom stereocenters. The summed E-state index contributed by atoms with van der Waals surface area (Å²) in [6.45, 7) is 5.22. The summed E-state index contributed by atoms with van der Waals surface area (Å²) in [7, 11) is 0.267. The number of carbonyl (C=O) groups is 1. The predicted octanol–water partition coefficient (Wildman–Crippen LogP) is 2.05. The minimum Gasteiger partial charge on any atom is -0.354 e. The molecule has 2 aromatic rings. The molecule has 7 heteroatoms. The molecule has 0 spiro atoms. The maximum atomic E-state index is 12.9. The first-order valence-electron chi connectivity index (χ1n) is 8.58. The van der Waals surface area contributed by atoms with Gasteiger partial charge in [0, 0.05) is 18.5 Å². The van der Waals surface area contributed by atoms with E-state index in [0.717, 1.165) is 11.9 Å². The van der Waals surface area contributed by atoms with Crippen LogP contribution in [0.3, 0.4) is 0 Å². The molecular weight excluding hydrogens is 350 g/mol. The first kappa shape index (κ1) is 18.7. The van der Waals surface area contributed by atoms with Crippen LogP contribution in [0.5, 0.6) is 0 Å². The molecule has 0 saturated carbocycles. The highest BCUT2D eigenvalue weighted by molar-refractivity contribution is 7.93. The Morgan fingerprint density at radius 2 is 1.81 bits per heavy atom. The Morgan fingerprint density at radius 3 is 2.46 bits per heavy atom. The highest BCUT2D eigenvalue weighted by Gasteiger charge is 2.36. The molecule has 1 N–H and O–H groups in total. The Morgan fingerprint density at radius 1 is 1.15 bits per heavy atom. The summed E-state index contributed by atoms with van der Waals surface area (Å²) in [4.78, 5) is 14.8. The molecule has 0 atom stereocenters. The number of hydrogen-bond donors (Lipinski definition) is 1. The zero-order chi connectivity index (χ0) is 19.1. The van der Waals surface area contributed by atoms with Crippen LogP contribution in [0.15, 0.2) is 41.3 Å². The average Bonchev–Trinajstić information content (AvgIpc) is 2.76. The second-order valence-corrected chi connectivity index (χ2v) is 9.65. The van der Waals surface area contributed by atoms with Crippen molar-refractivity contribution < 1.29 is 13.2 Å². The number of benzene rings is 2. The Bertz CT molecular complexity index is 946. The van der Waals surface area contributed by atoms with Gasteiger partial charge in [-0.2, -0.15) is 0 Å². The number of nitrogens with zero attached hydrogens (tertiary/aromatic N) is 2. The Hall–Kier alpha value is -2.12. The molecule has 0 bridgehead atoms. The molecule has 1 amide bonds. The lowest BCUT2D eigenvalue weighted by Gasteiger charge is -2.29. The van der Waals surface area contributed by atoms with Crippen LogP contribution >= 0.6 is 0 Å². The summed E-state index contributed by atoms with van der Waals surface area (Å²) < 4.78 is 27.0. The highest BCUT2D eigenvalue weighted by atomic mass is 32.2. The van der Waals surface area contributed by atoms with E-state index < -0.39 is 10.0 Å². The number of carbonyl (C=O) groups excluding carboxylic acids is 1. The van der Waals surface area contributed by atoms with E-state index in [4.69, 9.17) is 0 Å². The van der Waals surface area contributed by atoms with Gasteiger partial charge in [-0.1, -0.05) is 38.1 Å². The summed E-state index contributed by atoms with van der Waals surface area (Å²) in [6.07, 6.45) is 0. The fourth-order valence-corrected chi connectivity index (χ4v) is 5.23. The van der Waals surface area contributed by atoms with Gasteiger partial charge in [-0.3, -0.25) is 9.10 Å². The van der Waals surface area contributed by atoms with Crippen molar-refractivity contribution >= 4 is 32.4 Å². The fraction of sp³-hybridized carbons (Fsp3) is 0.421. The van der Waals surface area contributed by atoms with Gasteiger partial charge in [-0.15, -0.1) is 0 Å². The summed E-state index contributed by atoms with van der Waals surface area (Å²) >= 11 is 0. The normalized spacial score (nSPS) is 15.7. The predicted molar refractivity (Wildman–Crippen MR) is 104 cm³/mol. The first-order chi connectivity index (χ1) is 12.1. The molecule has 26 heavy (non-hydrogen) atoms. The standard InChI is InChI=1S/C19H25N3O3S/c1-19(2,13-21(3)4)12-20-17(23)11-22-15-9-5-7-14-8-6-10-16(18(14)15)26(22,24)25/h5-10H,11-13H2,1-4H3,(H,20,23). The van der Waals surface area contributed by atoms with Gasteiger partial charge in [-0.25, -0.2) is 8.42 Å². The smallest absolute Gasteiger partial charge is 0.265 e. The van der Waals surface area contributed by atoms with E-state index in [0.29, 0.717) is 17.6 Å². The lowest BCUT2D eigenvalue weighted by atomic mass is 9.93. The molecule has 2 aromatic carbocycles. The monoisotopic (exact) mass is 375 g/mol. The largest absolute Gasteiger partial charge is 0.354 e. The quantitative estimate of drug-likeness (QED) is 0.839. The van der Waals surface area contributed by atoms with Gasteiger partial charge in [0.2, 0.25) is 5.91 Å². The van der Waals surface area contributed by atoms with Gasteiger partial charge in [0.25, 0.3) is 10.0 Å². The summed E-state index contributed by atoms with van der Waals surface area (Å²) in [5.74, 6) is -0.301. The number of sulfonamides is 1. The Kier molecular flexibility index (Phi) is 4.71. The van der Waals surface area contributed by atoms with E-state index in [1.165, 1.54) is 4.31 Å². The van der Waals surface area contributed by atoms with E-state index >= 15 is 0 Å². The van der Waals surface area contributed by atoms with Crippen molar-refractivity contribution in [2.75, 3.05) is 38.0 Å². The van der Waals surface area contributed by atoms with Crippen molar-refractivity contribution in [3.8, 4) is 0 Å². The molecule has 1 aliphatic rings. The van der Waals surface area contributed by atoms with Crippen LogP contribution < -0.4 is 9.62 Å². The van der Waals surface area contributed by atoms with Crippen molar-refractivity contribution in [1.82, 2.24) is 10.2 Å². The minimum atomic E-state index is -3.70. The second-order valence-electron chi connectivity index (χ2n) is 7.82. The Labute approximate surface area is 154 Å². The van der Waals surface area contributed by atoms with Gasteiger partial charge in [0.05, 0.1) is 10.6 Å². The molecule has 0 radical (unpaired) electrons. The number of rotatable bonds is 6. The van der Waals surface area contributed by atoms with E-state index in [9.17, 15) is 13.2 Å². The topological polar surface area (TPSA) is 69.7 Å². The molecule has 0 saturated heterocycles. The van der Waals surface area contributed by atoms with Crippen molar-refractivity contribution in [1.29, 1.82) is 0 Å². The highest BCUT2D eigenvalue weighted by Crippen LogP contribution is 2.41. The van der Waals surface area contributed by atoms with Gasteiger partial charge in [0.1, 0.15) is 6.54 Å². The van der Waals surface area contributed by atoms with E-state index in [1.807, 2.05) is 32.3 Å². The van der Waals surface area contributed by atoms with Gasteiger partial charge >= 0.3 is 0 Å². The van der Waals surface area contributed by atoms with Gasteiger partial charge in [-0.05, 0) is 37.0 Å². The van der Waals surface area contributed by atoms with Crippen LogP contribution in [-0.4, -0.2) is 53.0 Å². The molecular formula is C19H25N3O3S. The van der Waals surface area contributed by atoms with Crippen LogP contribution in [0.25, 0.3) is 10.8 Å². The van der Waals surface area contributed by atoms with Crippen molar-refractivity contribution in [2.45, 2.75) is 18.7 Å². The van der Waals surface area contributed by atoms with E-state index in [2.05, 4.69) is 24.1 Å². The molecule has 1 aliphatic heterocycles. The van der Waals surface area contributed by atoms with Crippen LogP contribution in [0.1, 0.15) is 13.8 Å².